The zero-order chi connectivity index (χ0) is 14.0. The SMILES string of the molecule is CC(N)C1CN(C(=O)c2ccc(F)cc2Cl)CCO1.Cl. The van der Waals surface area contributed by atoms with Crippen LogP contribution in [0.1, 0.15) is 17.3 Å². The normalized spacial score (nSPS) is 20.2. The van der Waals surface area contributed by atoms with Crippen LogP contribution >= 0.6 is 24.0 Å². The van der Waals surface area contributed by atoms with Gasteiger partial charge in [-0.05, 0) is 25.1 Å². The number of rotatable bonds is 2. The van der Waals surface area contributed by atoms with Gasteiger partial charge in [0.1, 0.15) is 5.82 Å². The third kappa shape index (κ3) is 3.82. The Labute approximate surface area is 128 Å². The van der Waals surface area contributed by atoms with Crippen molar-refractivity contribution in [2.45, 2.75) is 19.1 Å². The summed E-state index contributed by atoms with van der Waals surface area (Å²) >= 11 is 5.90. The zero-order valence-electron chi connectivity index (χ0n) is 11.0. The lowest BCUT2D eigenvalue weighted by molar-refractivity contribution is -0.0300. The average Bonchev–Trinajstić information content (AvgIpc) is 2.38. The Kier molecular flexibility index (Phi) is 6.20. The minimum Gasteiger partial charge on any atom is -0.373 e. The van der Waals surface area contributed by atoms with E-state index in [1.807, 2.05) is 6.92 Å². The molecule has 112 valence electrons. The number of hydrogen-bond donors (Lipinski definition) is 1. The fourth-order valence-electron chi connectivity index (χ4n) is 2.01. The first-order valence-electron chi connectivity index (χ1n) is 6.10. The maximum Gasteiger partial charge on any atom is 0.255 e. The summed E-state index contributed by atoms with van der Waals surface area (Å²) in [4.78, 5) is 14.0. The Hall–Kier alpha value is -0.880. The fourth-order valence-corrected chi connectivity index (χ4v) is 2.26. The van der Waals surface area contributed by atoms with Crippen LogP contribution in [0.4, 0.5) is 4.39 Å². The lowest BCUT2D eigenvalue weighted by atomic mass is 10.1. The minimum atomic E-state index is -0.461. The number of amides is 1. The minimum absolute atomic E-state index is 0. The fraction of sp³-hybridized carbons (Fsp3) is 0.462. The van der Waals surface area contributed by atoms with Crippen LogP contribution in [0.5, 0.6) is 0 Å². The molecule has 1 aromatic carbocycles. The Balaban J connectivity index is 0.00000200. The predicted molar refractivity (Wildman–Crippen MR) is 78.0 cm³/mol. The molecular formula is C13H17Cl2FN2O2. The summed E-state index contributed by atoms with van der Waals surface area (Å²) in [6, 6.07) is 3.61. The van der Waals surface area contributed by atoms with Gasteiger partial charge < -0.3 is 15.4 Å². The number of nitrogens with two attached hydrogens (primary N) is 1. The van der Waals surface area contributed by atoms with Crippen molar-refractivity contribution in [2.75, 3.05) is 19.7 Å². The van der Waals surface area contributed by atoms with Gasteiger partial charge in [0.2, 0.25) is 0 Å². The first kappa shape index (κ1) is 17.2. The molecule has 0 radical (unpaired) electrons. The van der Waals surface area contributed by atoms with Crippen molar-refractivity contribution in [3.63, 3.8) is 0 Å². The van der Waals surface area contributed by atoms with Crippen LogP contribution in [0.2, 0.25) is 5.02 Å². The summed E-state index contributed by atoms with van der Waals surface area (Å²) in [6.07, 6.45) is -0.183. The van der Waals surface area contributed by atoms with Crippen molar-refractivity contribution in [1.29, 1.82) is 0 Å². The van der Waals surface area contributed by atoms with Gasteiger partial charge in [-0.1, -0.05) is 11.6 Å². The number of ether oxygens (including phenoxy) is 1. The largest absolute Gasteiger partial charge is 0.373 e. The molecular weight excluding hydrogens is 306 g/mol. The van der Waals surface area contributed by atoms with Gasteiger partial charge in [0.15, 0.2) is 0 Å². The predicted octanol–water partition coefficient (Wildman–Crippen LogP) is 2.09. The number of benzene rings is 1. The summed E-state index contributed by atoms with van der Waals surface area (Å²) < 4.78 is 18.5. The Morgan fingerprint density at radius 1 is 1.60 bits per heavy atom. The summed E-state index contributed by atoms with van der Waals surface area (Å²) in [5.74, 6) is -0.684. The van der Waals surface area contributed by atoms with Gasteiger partial charge >= 0.3 is 0 Å². The van der Waals surface area contributed by atoms with Crippen LogP contribution in [-0.2, 0) is 4.74 Å². The van der Waals surface area contributed by atoms with E-state index in [0.717, 1.165) is 6.07 Å². The topological polar surface area (TPSA) is 55.6 Å². The van der Waals surface area contributed by atoms with Crippen molar-refractivity contribution in [2.24, 2.45) is 5.73 Å². The van der Waals surface area contributed by atoms with E-state index in [1.54, 1.807) is 4.90 Å². The van der Waals surface area contributed by atoms with Crippen LogP contribution in [0.15, 0.2) is 18.2 Å². The summed E-state index contributed by atoms with van der Waals surface area (Å²) in [5, 5.41) is 0.119. The lowest BCUT2D eigenvalue weighted by Gasteiger charge is -2.34. The molecule has 0 spiro atoms. The van der Waals surface area contributed by atoms with E-state index in [4.69, 9.17) is 22.1 Å². The Morgan fingerprint density at radius 2 is 2.30 bits per heavy atom. The third-order valence-electron chi connectivity index (χ3n) is 3.13. The van der Waals surface area contributed by atoms with Crippen molar-refractivity contribution < 1.29 is 13.9 Å². The molecule has 0 bridgehead atoms. The van der Waals surface area contributed by atoms with Crippen LogP contribution in [-0.4, -0.2) is 42.6 Å². The molecule has 1 amide bonds. The number of carbonyl (C=O) groups is 1. The van der Waals surface area contributed by atoms with E-state index >= 15 is 0 Å². The maximum atomic E-state index is 13.0. The molecule has 1 saturated heterocycles. The van der Waals surface area contributed by atoms with E-state index < -0.39 is 5.82 Å². The molecule has 2 rings (SSSR count). The molecule has 1 fully saturated rings. The van der Waals surface area contributed by atoms with Gasteiger partial charge in [-0.25, -0.2) is 4.39 Å². The van der Waals surface area contributed by atoms with Gasteiger partial charge in [0, 0.05) is 19.1 Å². The molecule has 2 N–H and O–H groups in total. The Bertz CT molecular complexity index is 485. The Morgan fingerprint density at radius 3 is 2.90 bits per heavy atom. The lowest BCUT2D eigenvalue weighted by Crippen LogP contribution is -2.51. The first-order chi connectivity index (χ1) is 8.99. The molecule has 1 heterocycles. The highest BCUT2D eigenvalue weighted by atomic mass is 35.5. The number of hydrogen-bond acceptors (Lipinski definition) is 3. The van der Waals surface area contributed by atoms with E-state index in [9.17, 15) is 9.18 Å². The van der Waals surface area contributed by atoms with Gasteiger partial charge in [-0.15, -0.1) is 12.4 Å². The molecule has 7 heteroatoms. The monoisotopic (exact) mass is 322 g/mol. The van der Waals surface area contributed by atoms with Crippen molar-refractivity contribution in [3.8, 4) is 0 Å². The molecule has 2 atom stereocenters. The van der Waals surface area contributed by atoms with Crippen LogP contribution in [0.25, 0.3) is 0 Å². The van der Waals surface area contributed by atoms with E-state index in [0.29, 0.717) is 25.3 Å². The van der Waals surface area contributed by atoms with Crippen molar-refractivity contribution >= 4 is 29.9 Å². The highest BCUT2D eigenvalue weighted by Gasteiger charge is 2.28. The van der Waals surface area contributed by atoms with Crippen LogP contribution in [0, 0.1) is 5.82 Å². The second-order valence-electron chi connectivity index (χ2n) is 4.64. The van der Waals surface area contributed by atoms with Gasteiger partial charge in [0.05, 0.1) is 23.3 Å². The molecule has 1 aromatic rings. The quantitative estimate of drug-likeness (QED) is 0.907. The number of nitrogens with zero attached hydrogens (tertiary/aromatic N) is 1. The highest BCUT2D eigenvalue weighted by Crippen LogP contribution is 2.20. The van der Waals surface area contributed by atoms with E-state index in [-0.39, 0.29) is 35.5 Å². The van der Waals surface area contributed by atoms with Gasteiger partial charge in [-0.2, -0.15) is 0 Å². The number of carbonyl (C=O) groups excluding carboxylic acids is 1. The summed E-state index contributed by atoms with van der Waals surface area (Å²) in [5.41, 5.74) is 6.08. The second kappa shape index (κ2) is 7.22. The van der Waals surface area contributed by atoms with Gasteiger partial charge in [0.25, 0.3) is 5.91 Å². The summed E-state index contributed by atoms with van der Waals surface area (Å²) in [7, 11) is 0. The highest BCUT2D eigenvalue weighted by molar-refractivity contribution is 6.33. The number of morpholine rings is 1. The second-order valence-corrected chi connectivity index (χ2v) is 5.05. The third-order valence-corrected chi connectivity index (χ3v) is 3.44. The molecule has 0 saturated carbocycles. The van der Waals surface area contributed by atoms with E-state index in [2.05, 4.69) is 0 Å². The molecule has 20 heavy (non-hydrogen) atoms. The molecule has 0 aliphatic carbocycles. The van der Waals surface area contributed by atoms with Crippen LogP contribution < -0.4 is 5.73 Å². The molecule has 2 unspecified atom stereocenters. The van der Waals surface area contributed by atoms with Crippen molar-refractivity contribution in [3.05, 3.63) is 34.6 Å². The molecule has 1 aliphatic heterocycles. The maximum absolute atomic E-state index is 13.0. The molecule has 4 nitrogen and oxygen atoms in total. The first-order valence-corrected chi connectivity index (χ1v) is 6.48. The van der Waals surface area contributed by atoms with Gasteiger partial charge in [-0.3, -0.25) is 4.79 Å². The number of halogens is 3. The molecule has 0 aromatic heterocycles. The van der Waals surface area contributed by atoms with Crippen LogP contribution in [0.3, 0.4) is 0 Å². The molecule has 1 aliphatic rings. The van der Waals surface area contributed by atoms with E-state index in [1.165, 1.54) is 12.1 Å². The summed E-state index contributed by atoms with van der Waals surface area (Å²) in [6.45, 7) is 3.18. The smallest absolute Gasteiger partial charge is 0.255 e. The average molecular weight is 323 g/mol. The standard InChI is InChI=1S/C13H16ClFN2O2.ClH/c1-8(16)12-7-17(4-5-19-12)13(18)10-3-2-9(15)6-11(10)14;/h2-3,6,8,12H,4-5,7,16H2,1H3;1H. The van der Waals surface area contributed by atoms with Crippen molar-refractivity contribution in [1.82, 2.24) is 4.90 Å². The zero-order valence-corrected chi connectivity index (χ0v) is 12.6.